The lowest BCUT2D eigenvalue weighted by Gasteiger charge is -2.25. The van der Waals surface area contributed by atoms with Gasteiger partial charge in [-0.3, -0.25) is 4.90 Å². The third-order valence-corrected chi connectivity index (χ3v) is 3.48. The van der Waals surface area contributed by atoms with Gasteiger partial charge in [0.15, 0.2) is 0 Å². The first-order chi connectivity index (χ1) is 8.31. The van der Waals surface area contributed by atoms with Crippen molar-refractivity contribution < 1.29 is 0 Å². The number of nitrogens with zero attached hydrogens (tertiary/aromatic N) is 1. The van der Waals surface area contributed by atoms with Crippen LogP contribution < -0.4 is 5.73 Å². The summed E-state index contributed by atoms with van der Waals surface area (Å²) in [6.45, 7) is 1.76. The highest BCUT2D eigenvalue weighted by molar-refractivity contribution is 5.48. The van der Waals surface area contributed by atoms with E-state index < -0.39 is 0 Å². The minimum atomic E-state index is 0.565. The SMILES string of the molecule is CN(C/C=C/c1ccccc1)C(CN)C1CC1. The maximum absolute atomic E-state index is 5.83. The lowest BCUT2D eigenvalue weighted by molar-refractivity contribution is 0.246. The summed E-state index contributed by atoms with van der Waals surface area (Å²) < 4.78 is 0. The van der Waals surface area contributed by atoms with Gasteiger partial charge in [-0.25, -0.2) is 0 Å². The normalized spacial score (nSPS) is 17.8. The van der Waals surface area contributed by atoms with Crippen LogP contribution in [-0.4, -0.2) is 31.1 Å². The molecule has 1 aliphatic rings. The highest BCUT2D eigenvalue weighted by Crippen LogP contribution is 2.34. The fraction of sp³-hybridized carbons (Fsp3) is 0.467. The molecule has 0 spiro atoms. The van der Waals surface area contributed by atoms with Gasteiger partial charge in [-0.1, -0.05) is 42.5 Å². The van der Waals surface area contributed by atoms with E-state index in [2.05, 4.69) is 48.4 Å². The van der Waals surface area contributed by atoms with E-state index in [1.165, 1.54) is 18.4 Å². The molecule has 1 atom stereocenters. The molecule has 1 aliphatic carbocycles. The van der Waals surface area contributed by atoms with Crippen molar-refractivity contribution in [1.29, 1.82) is 0 Å². The Morgan fingerprint density at radius 3 is 2.65 bits per heavy atom. The highest BCUT2D eigenvalue weighted by atomic mass is 15.1. The van der Waals surface area contributed by atoms with Crippen molar-refractivity contribution in [2.75, 3.05) is 20.1 Å². The number of nitrogens with two attached hydrogens (primary N) is 1. The van der Waals surface area contributed by atoms with E-state index in [0.29, 0.717) is 6.04 Å². The molecule has 0 bridgehead atoms. The molecule has 17 heavy (non-hydrogen) atoms. The van der Waals surface area contributed by atoms with Crippen LogP contribution in [0.2, 0.25) is 0 Å². The molecule has 0 aromatic heterocycles. The van der Waals surface area contributed by atoms with Crippen LogP contribution in [-0.2, 0) is 0 Å². The van der Waals surface area contributed by atoms with Crippen molar-refractivity contribution in [1.82, 2.24) is 4.90 Å². The molecule has 2 N–H and O–H groups in total. The second-order valence-electron chi connectivity index (χ2n) is 4.89. The zero-order chi connectivity index (χ0) is 12.1. The van der Waals surface area contributed by atoms with Crippen molar-refractivity contribution in [3.63, 3.8) is 0 Å². The van der Waals surface area contributed by atoms with Gasteiger partial charge in [0, 0.05) is 19.1 Å². The Bertz CT molecular complexity index is 354. The molecule has 1 unspecified atom stereocenters. The van der Waals surface area contributed by atoms with Gasteiger partial charge < -0.3 is 5.73 Å². The summed E-state index contributed by atoms with van der Waals surface area (Å²) in [5.41, 5.74) is 7.09. The minimum absolute atomic E-state index is 0.565. The highest BCUT2D eigenvalue weighted by Gasteiger charge is 2.32. The quantitative estimate of drug-likeness (QED) is 0.813. The average Bonchev–Trinajstić information content (AvgIpc) is 3.16. The molecule has 0 aliphatic heterocycles. The van der Waals surface area contributed by atoms with E-state index >= 15 is 0 Å². The first kappa shape index (κ1) is 12.3. The van der Waals surface area contributed by atoms with Gasteiger partial charge in [0.25, 0.3) is 0 Å². The van der Waals surface area contributed by atoms with E-state index in [9.17, 15) is 0 Å². The summed E-state index contributed by atoms with van der Waals surface area (Å²) >= 11 is 0. The third kappa shape index (κ3) is 3.69. The van der Waals surface area contributed by atoms with E-state index in [0.717, 1.165) is 19.0 Å². The van der Waals surface area contributed by atoms with Crippen LogP contribution in [0.4, 0.5) is 0 Å². The zero-order valence-corrected chi connectivity index (χ0v) is 10.5. The van der Waals surface area contributed by atoms with Crippen molar-refractivity contribution >= 4 is 6.08 Å². The molecule has 92 valence electrons. The van der Waals surface area contributed by atoms with Crippen molar-refractivity contribution in [3.05, 3.63) is 42.0 Å². The smallest absolute Gasteiger partial charge is 0.0246 e. The maximum atomic E-state index is 5.83. The predicted octanol–water partition coefficient (Wildman–Crippen LogP) is 2.37. The summed E-state index contributed by atoms with van der Waals surface area (Å²) in [5.74, 6) is 0.843. The van der Waals surface area contributed by atoms with E-state index in [1.54, 1.807) is 0 Å². The van der Waals surface area contributed by atoms with Crippen LogP contribution in [0.5, 0.6) is 0 Å². The second kappa shape index (κ2) is 5.99. The number of hydrogen-bond donors (Lipinski definition) is 1. The van der Waals surface area contributed by atoms with Crippen LogP contribution in [0.25, 0.3) is 6.08 Å². The van der Waals surface area contributed by atoms with E-state index in [-0.39, 0.29) is 0 Å². The Balaban J connectivity index is 1.82. The molecule has 1 fully saturated rings. The number of hydrogen-bond acceptors (Lipinski definition) is 2. The molecule has 0 saturated heterocycles. The standard InChI is InChI=1S/C15H22N2/c1-17(15(12-16)14-9-10-14)11-5-8-13-6-3-2-4-7-13/h2-8,14-15H,9-12,16H2,1H3/b8-5+. The topological polar surface area (TPSA) is 29.3 Å². The van der Waals surface area contributed by atoms with Gasteiger partial charge in [0.2, 0.25) is 0 Å². The largest absolute Gasteiger partial charge is 0.329 e. The Kier molecular flexibility index (Phi) is 4.35. The van der Waals surface area contributed by atoms with Crippen LogP contribution >= 0.6 is 0 Å². The fourth-order valence-corrected chi connectivity index (χ4v) is 2.27. The van der Waals surface area contributed by atoms with Gasteiger partial charge in [0.05, 0.1) is 0 Å². The molecular formula is C15H22N2. The summed E-state index contributed by atoms with van der Waals surface area (Å²) in [4.78, 5) is 2.37. The lowest BCUT2D eigenvalue weighted by atomic mass is 10.1. The van der Waals surface area contributed by atoms with Crippen molar-refractivity contribution in [3.8, 4) is 0 Å². The third-order valence-electron chi connectivity index (χ3n) is 3.48. The zero-order valence-electron chi connectivity index (χ0n) is 10.5. The fourth-order valence-electron chi connectivity index (χ4n) is 2.27. The van der Waals surface area contributed by atoms with Crippen molar-refractivity contribution in [2.24, 2.45) is 11.7 Å². The van der Waals surface area contributed by atoms with Crippen LogP contribution in [0.15, 0.2) is 36.4 Å². The monoisotopic (exact) mass is 230 g/mol. The van der Waals surface area contributed by atoms with Crippen LogP contribution in [0.3, 0.4) is 0 Å². The van der Waals surface area contributed by atoms with E-state index in [4.69, 9.17) is 5.73 Å². The van der Waals surface area contributed by atoms with Crippen molar-refractivity contribution in [2.45, 2.75) is 18.9 Å². The first-order valence-electron chi connectivity index (χ1n) is 6.43. The molecular weight excluding hydrogens is 208 g/mol. The number of likely N-dealkylation sites (N-methyl/N-ethyl adjacent to an activating group) is 1. The van der Waals surface area contributed by atoms with Gasteiger partial charge in [0.1, 0.15) is 0 Å². The molecule has 0 radical (unpaired) electrons. The Morgan fingerprint density at radius 2 is 2.06 bits per heavy atom. The van der Waals surface area contributed by atoms with Gasteiger partial charge >= 0.3 is 0 Å². The molecule has 0 amide bonds. The second-order valence-corrected chi connectivity index (χ2v) is 4.89. The van der Waals surface area contributed by atoms with Gasteiger partial charge in [-0.15, -0.1) is 0 Å². The molecule has 1 saturated carbocycles. The maximum Gasteiger partial charge on any atom is 0.0246 e. The summed E-state index contributed by atoms with van der Waals surface area (Å²) in [5, 5.41) is 0. The molecule has 2 rings (SSSR count). The first-order valence-corrected chi connectivity index (χ1v) is 6.43. The molecule has 0 heterocycles. The number of benzene rings is 1. The Hall–Kier alpha value is -1.12. The summed E-state index contributed by atoms with van der Waals surface area (Å²) in [6.07, 6.45) is 7.11. The Morgan fingerprint density at radius 1 is 1.35 bits per heavy atom. The molecule has 1 aromatic rings. The average molecular weight is 230 g/mol. The van der Waals surface area contributed by atoms with Crippen LogP contribution in [0, 0.1) is 5.92 Å². The Labute approximate surface area is 104 Å². The van der Waals surface area contributed by atoms with Gasteiger partial charge in [-0.2, -0.15) is 0 Å². The summed E-state index contributed by atoms with van der Waals surface area (Å²) in [6, 6.07) is 11.0. The molecule has 2 nitrogen and oxygen atoms in total. The minimum Gasteiger partial charge on any atom is -0.329 e. The van der Waals surface area contributed by atoms with Gasteiger partial charge in [-0.05, 0) is 31.4 Å². The summed E-state index contributed by atoms with van der Waals surface area (Å²) in [7, 11) is 2.17. The van der Waals surface area contributed by atoms with Crippen LogP contribution in [0.1, 0.15) is 18.4 Å². The number of rotatable bonds is 6. The van der Waals surface area contributed by atoms with E-state index in [1.807, 2.05) is 6.07 Å². The molecule has 1 aromatic carbocycles. The molecule has 2 heteroatoms. The predicted molar refractivity (Wildman–Crippen MR) is 73.7 cm³/mol. The lowest BCUT2D eigenvalue weighted by Crippen LogP contribution is -2.39.